The molecule has 78 valence electrons. The molecule has 1 N–H and O–H groups in total. The van der Waals surface area contributed by atoms with Crippen LogP contribution in [0.4, 0.5) is 5.69 Å². The van der Waals surface area contributed by atoms with Gasteiger partial charge in [0.25, 0.3) is 5.69 Å². The normalized spacial score (nSPS) is 9.29. The average molecular weight is 282 g/mol. The van der Waals surface area contributed by atoms with E-state index in [-0.39, 0.29) is 18.1 Å². The van der Waals surface area contributed by atoms with E-state index < -0.39 is 4.92 Å². The van der Waals surface area contributed by atoms with Crippen molar-refractivity contribution in [3.63, 3.8) is 0 Å². The number of non-ortho nitro benzene ring substituents is 1. The van der Waals surface area contributed by atoms with E-state index in [2.05, 4.69) is 21.2 Å². The lowest BCUT2D eigenvalue weighted by molar-refractivity contribution is -0.384. The van der Waals surface area contributed by atoms with Gasteiger partial charge in [0.15, 0.2) is 0 Å². The van der Waals surface area contributed by atoms with Crippen molar-refractivity contribution in [2.45, 2.75) is 6.54 Å². The molecule has 0 fully saturated rings. The second-order valence-electron chi connectivity index (χ2n) is 2.56. The van der Waals surface area contributed by atoms with E-state index in [1.54, 1.807) is 19.2 Å². The molecule has 6 heteroatoms. The number of nitrogens with one attached hydrogen (secondary N) is 1. The van der Waals surface area contributed by atoms with Crippen LogP contribution < -0.4 is 5.32 Å². The zero-order chi connectivity index (χ0) is 9.84. The SMILES string of the molecule is CNCc1cc([N+](=O)[O-])ccc1Br.Cl. The largest absolute Gasteiger partial charge is 0.316 e. The summed E-state index contributed by atoms with van der Waals surface area (Å²) in [6, 6.07) is 4.72. The second-order valence-corrected chi connectivity index (χ2v) is 3.42. The molecule has 1 aromatic rings. The van der Waals surface area contributed by atoms with E-state index in [0.29, 0.717) is 6.54 Å². The molecule has 0 unspecified atom stereocenters. The van der Waals surface area contributed by atoms with Crippen molar-refractivity contribution in [2.24, 2.45) is 0 Å². The van der Waals surface area contributed by atoms with Crippen molar-refractivity contribution in [2.75, 3.05) is 7.05 Å². The van der Waals surface area contributed by atoms with Crippen molar-refractivity contribution in [1.29, 1.82) is 0 Å². The molecular formula is C8H10BrClN2O2. The quantitative estimate of drug-likeness (QED) is 0.684. The lowest BCUT2D eigenvalue weighted by Crippen LogP contribution is -2.06. The molecule has 1 rings (SSSR count). The monoisotopic (exact) mass is 280 g/mol. The van der Waals surface area contributed by atoms with E-state index in [1.807, 2.05) is 0 Å². The first kappa shape index (κ1) is 13.4. The minimum absolute atomic E-state index is 0. The van der Waals surface area contributed by atoms with Gasteiger partial charge in [-0.3, -0.25) is 10.1 Å². The summed E-state index contributed by atoms with van der Waals surface area (Å²) < 4.78 is 0.882. The third-order valence-electron chi connectivity index (χ3n) is 1.61. The first-order valence-electron chi connectivity index (χ1n) is 3.72. The Balaban J connectivity index is 0.00000169. The molecule has 0 atom stereocenters. The average Bonchev–Trinajstić information content (AvgIpc) is 2.08. The Morgan fingerprint density at radius 3 is 2.71 bits per heavy atom. The van der Waals surface area contributed by atoms with E-state index in [4.69, 9.17) is 0 Å². The van der Waals surface area contributed by atoms with Gasteiger partial charge in [-0.25, -0.2) is 0 Å². The van der Waals surface area contributed by atoms with Crippen LogP contribution in [0.25, 0.3) is 0 Å². The number of benzene rings is 1. The van der Waals surface area contributed by atoms with Gasteiger partial charge in [-0.1, -0.05) is 15.9 Å². The summed E-state index contributed by atoms with van der Waals surface area (Å²) in [6.45, 7) is 0.613. The Hall–Kier alpha value is -0.650. The zero-order valence-corrected chi connectivity index (χ0v) is 9.89. The number of nitrogens with zero attached hydrogens (tertiary/aromatic N) is 1. The fourth-order valence-corrected chi connectivity index (χ4v) is 1.39. The Morgan fingerprint density at radius 2 is 2.21 bits per heavy atom. The summed E-state index contributed by atoms with van der Waals surface area (Å²) in [4.78, 5) is 10.0. The Labute approximate surface area is 96.4 Å². The van der Waals surface area contributed by atoms with Gasteiger partial charge < -0.3 is 5.32 Å². The van der Waals surface area contributed by atoms with Crippen LogP contribution in [-0.2, 0) is 6.54 Å². The van der Waals surface area contributed by atoms with Crippen LogP contribution in [0.5, 0.6) is 0 Å². The number of nitro benzene ring substituents is 1. The van der Waals surface area contributed by atoms with E-state index in [0.717, 1.165) is 10.0 Å². The highest BCUT2D eigenvalue weighted by Gasteiger charge is 2.08. The van der Waals surface area contributed by atoms with Crippen LogP contribution in [0.1, 0.15) is 5.56 Å². The predicted molar refractivity (Wildman–Crippen MR) is 60.8 cm³/mol. The number of hydrogen-bond donors (Lipinski definition) is 1. The van der Waals surface area contributed by atoms with Gasteiger partial charge in [-0.2, -0.15) is 0 Å². The van der Waals surface area contributed by atoms with Crippen molar-refractivity contribution in [3.05, 3.63) is 38.3 Å². The predicted octanol–water partition coefficient (Wildman–Crippen LogP) is 2.50. The van der Waals surface area contributed by atoms with Gasteiger partial charge in [-0.05, 0) is 18.7 Å². The molecule has 0 radical (unpaired) electrons. The lowest BCUT2D eigenvalue weighted by Gasteiger charge is -2.02. The van der Waals surface area contributed by atoms with Crippen LogP contribution in [0.3, 0.4) is 0 Å². The van der Waals surface area contributed by atoms with Crippen LogP contribution in [0.2, 0.25) is 0 Å². The van der Waals surface area contributed by atoms with Crippen LogP contribution in [-0.4, -0.2) is 12.0 Å². The molecule has 1 aromatic carbocycles. The van der Waals surface area contributed by atoms with Crippen LogP contribution in [0.15, 0.2) is 22.7 Å². The molecule has 0 bridgehead atoms. The van der Waals surface area contributed by atoms with Gasteiger partial charge in [0.1, 0.15) is 0 Å². The van der Waals surface area contributed by atoms with Crippen LogP contribution in [0, 0.1) is 10.1 Å². The fourth-order valence-electron chi connectivity index (χ4n) is 1.00. The minimum Gasteiger partial charge on any atom is -0.316 e. The fraction of sp³-hybridized carbons (Fsp3) is 0.250. The standard InChI is InChI=1S/C8H9BrN2O2.ClH/c1-10-5-6-4-7(11(12)13)2-3-8(6)9;/h2-4,10H,5H2,1H3;1H. The maximum atomic E-state index is 10.4. The Bertz CT molecular complexity index is 333. The van der Waals surface area contributed by atoms with Crippen molar-refractivity contribution < 1.29 is 4.92 Å². The maximum absolute atomic E-state index is 10.4. The molecule has 0 saturated heterocycles. The molecule has 0 aliphatic rings. The summed E-state index contributed by atoms with van der Waals surface area (Å²) >= 11 is 3.32. The van der Waals surface area contributed by atoms with Crippen LogP contribution >= 0.6 is 28.3 Å². The molecule has 4 nitrogen and oxygen atoms in total. The van der Waals surface area contributed by atoms with Gasteiger partial charge in [0.2, 0.25) is 0 Å². The lowest BCUT2D eigenvalue weighted by atomic mass is 10.2. The van der Waals surface area contributed by atoms with Crippen molar-refractivity contribution in [1.82, 2.24) is 5.32 Å². The van der Waals surface area contributed by atoms with Gasteiger partial charge in [-0.15, -0.1) is 12.4 Å². The molecule has 0 aliphatic carbocycles. The van der Waals surface area contributed by atoms with E-state index in [1.165, 1.54) is 6.07 Å². The third kappa shape index (κ3) is 3.25. The molecular weight excluding hydrogens is 271 g/mol. The van der Waals surface area contributed by atoms with E-state index >= 15 is 0 Å². The number of halogens is 2. The minimum atomic E-state index is -0.397. The van der Waals surface area contributed by atoms with Gasteiger partial charge in [0.05, 0.1) is 4.92 Å². The van der Waals surface area contributed by atoms with Gasteiger partial charge >= 0.3 is 0 Å². The number of rotatable bonds is 3. The first-order valence-corrected chi connectivity index (χ1v) is 4.52. The summed E-state index contributed by atoms with van der Waals surface area (Å²) in [6.07, 6.45) is 0. The zero-order valence-electron chi connectivity index (χ0n) is 7.49. The molecule has 0 aromatic heterocycles. The van der Waals surface area contributed by atoms with E-state index in [9.17, 15) is 10.1 Å². The summed E-state index contributed by atoms with van der Waals surface area (Å²) in [5, 5.41) is 13.4. The molecule has 0 saturated carbocycles. The summed E-state index contributed by atoms with van der Waals surface area (Å²) in [5.74, 6) is 0. The third-order valence-corrected chi connectivity index (χ3v) is 2.38. The smallest absolute Gasteiger partial charge is 0.269 e. The topological polar surface area (TPSA) is 55.2 Å². The highest BCUT2D eigenvalue weighted by atomic mass is 79.9. The van der Waals surface area contributed by atoms with Crippen molar-refractivity contribution in [3.8, 4) is 0 Å². The molecule has 0 spiro atoms. The molecule has 0 aliphatic heterocycles. The highest BCUT2D eigenvalue weighted by molar-refractivity contribution is 9.10. The molecule has 14 heavy (non-hydrogen) atoms. The highest BCUT2D eigenvalue weighted by Crippen LogP contribution is 2.22. The summed E-state index contributed by atoms with van der Waals surface area (Å²) in [5.41, 5.74) is 1.00. The number of hydrogen-bond acceptors (Lipinski definition) is 3. The molecule has 0 heterocycles. The second kappa shape index (κ2) is 5.95. The number of nitro groups is 1. The summed E-state index contributed by atoms with van der Waals surface area (Å²) in [7, 11) is 1.80. The van der Waals surface area contributed by atoms with Gasteiger partial charge in [0, 0.05) is 23.2 Å². The first-order chi connectivity index (χ1) is 6.15. The maximum Gasteiger partial charge on any atom is 0.269 e. The van der Waals surface area contributed by atoms with Crippen molar-refractivity contribution >= 4 is 34.0 Å². The Morgan fingerprint density at radius 1 is 1.57 bits per heavy atom. The Kier molecular flexibility index (Phi) is 5.68. The molecule has 0 amide bonds.